The van der Waals surface area contributed by atoms with E-state index in [1.165, 1.54) is 41.7 Å². The highest BCUT2D eigenvalue weighted by atomic mass is 32.1. The monoisotopic (exact) mass is 426 g/mol. The number of nitrogens with one attached hydrogen (secondary N) is 1. The summed E-state index contributed by atoms with van der Waals surface area (Å²) in [6.07, 6.45) is 5.83. The average Bonchev–Trinajstić information content (AvgIpc) is 3.24. The Kier molecular flexibility index (Phi) is 6.37. The van der Waals surface area contributed by atoms with E-state index in [1.54, 1.807) is 0 Å². The number of carbonyl (C=O) groups excluding carboxylic acids is 2. The van der Waals surface area contributed by atoms with Crippen LogP contribution >= 0.6 is 11.3 Å². The van der Waals surface area contributed by atoms with Crippen LogP contribution in [-0.2, 0) is 0 Å². The Hall–Kier alpha value is -2.41. The van der Waals surface area contributed by atoms with Gasteiger partial charge in [0.25, 0.3) is 5.91 Å². The molecule has 1 N–H and O–H groups in total. The molecule has 0 atom stereocenters. The van der Waals surface area contributed by atoms with Gasteiger partial charge in [-0.25, -0.2) is 9.78 Å². The highest BCUT2D eigenvalue weighted by Crippen LogP contribution is 2.28. The van der Waals surface area contributed by atoms with Gasteiger partial charge in [0.05, 0.1) is 0 Å². The number of rotatable bonds is 3. The summed E-state index contributed by atoms with van der Waals surface area (Å²) in [5.74, 6) is -0.0467. The summed E-state index contributed by atoms with van der Waals surface area (Å²) >= 11 is 1.51. The quantitative estimate of drug-likeness (QED) is 0.799. The van der Waals surface area contributed by atoms with Crippen LogP contribution in [0.2, 0.25) is 0 Å². The summed E-state index contributed by atoms with van der Waals surface area (Å²) in [5, 5.41) is 5.89. The van der Waals surface area contributed by atoms with Gasteiger partial charge in [0, 0.05) is 43.2 Å². The molecule has 2 aromatic rings. The first-order chi connectivity index (χ1) is 14.5. The van der Waals surface area contributed by atoms with Crippen LogP contribution in [0, 0.1) is 13.8 Å². The van der Waals surface area contributed by atoms with Crippen LogP contribution in [-0.4, -0.2) is 58.9 Å². The van der Waals surface area contributed by atoms with Crippen LogP contribution in [0.4, 0.5) is 4.79 Å². The molecule has 1 aromatic heterocycles. The molecule has 2 fully saturated rings. The molecule has 1 aliphatic carbocycles. The largest absolute Gasteiger partial charge is 0.335 e. The minimum atomic E-state index is -0.0467. The lowest BCUT2D eigenvalue weighted by molar-refractivity contribution is 0.0657. The summed E-state index contributed by atoms with van der Waals surface area (Å²) in [5.41, 5.74) is 3.96. The molecule has 6 nitrogen and oxygen atoms in total. The Bertz CT molecular complexity index is 912. The van der Waals surface area contributed by atoms with E-state index in [0.29, 0.717) is 37.9 Å². The number of urea groups is 1. The van der Waals surface area contributed by atoms with Crippen molar-refractivity contribution in [3.63, 3.8) is 0 Å². The van der Waals surface area contributed by atoms with Crippen LogP contribution in [0.3, 0.4) is 0 Å². The van der Waals surface area contributed by atoms with Gasteiger partial charge >= 0.3 is 6.03 Å². The van der Waals surface area contributed by atoms with Gasteiger partial charge in [-0.1, -0.05) is 43.0 Å². The molecule has 1 aliphatic heterocycles. The maximum atomic E-state index is 12.9. The van der Waals surface area contributed by atoms with Crippen molar-refractivity contribution in [3.8, 4) is 10.6 Å². The minimum Gasteiger partial charge on any atom is -0.335 e. The number of hydrogen-bond donors (Lipinski definition) is 1. The highest BCUT2D eigenvalue weighted by Gasteiger charge is 2.27. The van der Waals surface area contributed by atoms with Crippen molar-refractivity contribution in [1.29, 1.82) is 0 Å². The third-order valence-electron chi connectivity index (χ3n) is 6.12. The fraction of sp³-hybridized carbons (Fsp3) is 0.522. The van der Waals surface area contributed by atoms with Crippen molar-refractivity contribution in [2.75, 3.05) is 26.2 Å². The number of amides is 3. The first-order valence-corrected chi connectivity index (χ1v) is 11.8. The topological polar surface area (TPSA) is 65.5 Å². The van der Waals surface area contributed by atoms with E-state index in [2.05, 4.69) is 42.3 Å². The van der Waals surface area contributed by atoms with E-state index in [-0.39, 0.29) is 11.9 Å². The van der Waals surface area contributed by atoms with Gasteiger partial charge in [0.1, 0.15) is 10.7 Å². The zero-order chi connectivity index (χ0) is 21.1. The number of nitrogens with zero attached hydrogens (tertiary/aromatic N) is 3. The van der Waals surface area contributed by atoms with Crippen molar-refractivity contribution in [2.24, 2.45) is 0 Å². The molecule has 2 aliphatic rings. The van der Waals surface area contributed by atoms with Crippen LogP contribution in [0.25, 0.3) is 10.6 Å². The fourth-order valence-corrected chi connectivity index (χ4v) is 5.22. The molecular formula is C23H30N4O2S. The maximum Gasteiger partial charge on any atom is 0.317 e. The van der Waals surface area contributed by atoms with E-state index in [1.807, 2.05) is 15.2 Å². The van der Waals surface area contributed by atoms with Crippen molar-refractivity contribution in [3.05, 3.63) is 40.4 Å². The van der Waals surface area contributed by atoms with Gasteiger partial charge in [-0.15, -0.1) is 11.3 Å². The van der Waals surface area contributed by atoms with E-state index >= 15 is 0 Å². The first-order valence-electron chi connectivity index (χ1n) is 10.9. The third-order valence-corrected chi connectivity index (χ3v) is 7.00. The number of aryl methyl sites for hydroxylation is 2. The summed E-state index contributed by atoms with van der Waals surface area (Å²) in [6, 6.07) is 6.60. The van der Waals surface area contributed by atoms with Crippen molar-refractivity contribution in [1.82, 2.24) is 20.1 Å². The van der Waals surface area contributed by atoms with Crippen molar-refractivity contribution < 1.29 is 9.59 Å². The standard InChI is InChI=1S/C23H30N4O2S/c1-16-8-9-19(17(2)14-16)21-25-20(15-30-21)22(28)26-10-12-27(13-11-26)23(29)24-18-6-4-3-5-7-18/h8-9,14-15,18H,3-7,10-13H2,1-2H3,(H,24,29). The van der Waals surface area contributed by atoms with Gasteiger partial charge in [-0.2, -0.15) is 0 Å². The number of hydrogen-bond acceptors (Lipinski definition) is 4. The molecule has 0 spiro atoms. The zero-order valence-corrected chi connectivity index (χ0v) is 18.6. The second kappa shape index (κ2) is 9.16. The molecule has 1 saturated heterocycles. The van der Waals surface area contributed by atoms with Crippen LogP contribution in [0.1, 0.15) is 53.7 Å². The molecule has 0 radical (unpaired) electrons. The molecule has 1 aromatic carbocycles. The van der Waals surface area contributed by atoms with Crippen molar-refractivity contribution >= 4 is 23.3 Å². The molecule has 0 unspecified atom stereocenters. The molecule has 4 rings (SSSR count). The molecule has 3 amide bonds. The highest BCUT2D eigenvalue weighted by molar-refractivity contribution is 7.13. The fourth-order valence-electron chi connectivity index (χ4n) is 4.34. The second-order valence-electron chi connectivity index (χ2n) is 8.42. The molecule has 160 valence electrons. The molecular weight excluding hydrogens is 396 g/mol. The van der Waals surface area contributed by atoms with Crippen LogP contribution in [0.15, 0.2) is 23.6 Å². The summed E-state index contributed by atoms with van der Waals surface area (Å²) in [6.45, 7) is 6.38. The normalized spacial score (nSPS) is 17.8. The molecule has 2 heterocycles. The van der Waals surface area contributed by atoms with Crippen LogP contribution in [0.5, 0.6) is 0 Å². The third kappa shape index (κ3) is 4.67. The predicted octanol–water partition coefficient (Wildman–Crippen LogP) is 4.23. The van der Waals surface area contributed by atoms with Gasteiger partial charge in [-0.3, -0.25) is 4.79 Å². The first kappa shape index (κ1) is 20.8. The lowest BCUT2D eigenvalue weighted by Gasteiger charge is -2.35. The number of aromatic nitrogens is 1. The lowest BCUT2D eigenvalue weighted by Crippen LogP contribution is -2.54. The molecule has 7 heteroatoms. The molecule has 30 heavy (non-hydrogen) atoms. The Balaban J connectivity index is 1.33. The van der Waals surface area contributed by atoms with E-state index in [0.717, 1.165) is 23.4 Å². The van der Waals surface area contributed by atoms with Crippen LogP contribution < -0.4 is 5.32 Å². The number of thiazole rings is 1. The zero-order valence-electron chi connectivity index (χ0n) is 17.8. The average molecular weight is 427 g/mol. The Morgan fingerprint density at radius 3 is 2.43 bits per heavy atom. The summed E-state index contributed by atoms with van der Waals surface area (Å²) in [4.78, 5) is 33.7. The minimum absolute atomic E-state index is 0.0137. The van der Waals surface area contributed by atoms with Gasteiger partial charge in [0.2, 0.25) is 0 Å². The number of piperazine rings is 1. The predicted molar refractivity (Wildman–Crippen MR) is 120 cm³/mol. The number of benzene rings is 1. The Morgan fingerprint density at radius 2 is 1.73 bits per heavy atom. The molecule has 1 saturated carbocycles. The summed E-state index contributed by atoms with van der Waals surface area (Å²) < 4.78 is 0. The Labute approximate surface area is 182 Å². The number of carbonyl (C=O) groups is 2. The second-order valence-corrected chi connectivity index (χ2v) is 9.28. The van der Waals surface area contributed by atoms with Gasteiger partial charge in [-0.05, 0) is 32.3 Å². The summed E-state index contributed by atoms with van der Waals surface area (Å²) in [7, 11) is 0. The van der Waals surface area contributed by atoms with E-state index in [9.17, 15) is 9.59 Å². The van der Waals surface area contributed by atoms with Gasteiger partial charge in [0.15, 0.2) is 0 Å². The van der Waals surface area contributed by atoms with Crippen molar-refractivity contribution in [2.45, 2.75) is 52.0 Å². The maximum absolute atomic E-state index is 12.9. The Morgan fingerprint density at radius 1 is 1.03 bits per heavy atom. The van der Waals surface area contributed by atoms with E-state index in [4.69, 9.17) is 0 Å². The van der Waals surface area contributed by atoms with E-state index < -0.39 is 0 Å². The van der Waals surface area contributed by atoms with Gasteiger partial charge < -0.3 is 15.1 Å². The smallest absolute Gasteiger partial charge is 0.317 e. The molecule has 0 bridgehead atoms. The lowest BCUT2D eigenvalue weighted by atomic mass is 9.96. The SMILES string of the molecule is Cc1ccc(-c2nc(C(=O)N3CCN(C(=O)NC4CCCCC4)CC3)cs2)c(C)c1.